The van der Waals surface area contributed by atoms with Crippen molar-refractivity contribution in [2.75, 3.05) is 24.5 Å². The summed E-state index contributed by atoms with van der Waals surface area (Å²) in [5, 5.41) is 9.06. The Labute approximate surface area is 851 Å². The molecule has 0 fully saturated rings. The maximum absolute atomic E-state index is 6.43. The molecule has 147 heavy (non-hydrogen) atoms. The molecule has 0 saturated heterocycles. The zero-order valence-electron chi connectivity index (χ0n) is 80.1. The van der Waals surface area contributed by atoms with E-state index in [4.69, 9.17) is 17.7 Å². The van der Waals surface area contributed by atoms with Gasteiger partial charge >= 0.3 is 0 Å². The van der Waals surface area contributed by atoms with Crippen LogP contribution in [0.5, 0.6) is 0 Å². The summed E-state index contributed by atoms with van der Waals surface area (Å²) in [6, 6.07) is 200. The van der Waals surface area contributed by atoms with E-state index in [2.05, 4.69) is 540 Å². The fraction of sp³-hybridized carbons (Fsp3) is 0. The maximum atomic E-state index is 6.43. The Morgan fingerprint density at radius 3 is 0.388 bits per heavy atom. The summed E-state index contributed by atoms with van der Waals surface area (Å²) in [5.41, 5.74) is 39.0. The van der Waals surface area contributed by atoms with Gasteiger partial charge in [0.05, 0.1) is 0 Å². The highest BCUT2D eigenvalue weighted by Crippen LogP contribution is 2.49. The molecule has 0 radical (unpaired) electrons. The number of benzene rings is 23. The Balaban J connectivity index is 0.000000202. The molecule has 0 saturated carbocycles. The van der Waals surface area contributed by atoms with Gasteiger partial charge in [0.15, 0.2) is 0 Å². The minimum Gasteiger partial charge on any atom is -0.455 e. The topological polar surface area (TPSA) is 68.8 Å². The van der Waals surface area contributed by atoms with Crippen molar-refractivity contribution in [1.82, 2.24) is 0 Å². The third kappa shape index (κ3) is 16.8. The van der Waals surface area contributed by atoms with Crippen LogP contribution in [0, 0.1) is 0 Å². The smallest absolute Gasteiger partial charge is 0.143 e. The third-order valence-electron chi connectivity index (χ3n) is 28.2. The standard InChI is InChI=1S/C96H66N4O2.C42H27NO2/c1-5-19-75(20-6-1)97(81-55-39-69(40-56-81)71-43-59-83(60-44-71)99(77-23-9-3-10-24-77)85-63-47-73(48-64-85)87-29-17-31-91-89-27-13-15-33-93(89)101-95(87)91)79-51-35-67(36-52-79)68-37-53-80(54-38-68)98(76-21-7-2-8-22-76)82-57-41-70(42-58-82)72-45-61-84(62-46-72)100(78-25-11-4-12-26-78)86-65-49-74(50-66-86)88-30-18-32-92-90-28-14-16-34-94(90)102-96(88)92;1-2-10-30(11-3-1)43(31-24-20-28(21-25-31)33-14-8-16-37-35-12-4-6-18-39(35)44-41(33)37)32-26-22-29(23-27-32)34-15-9-17-38-36-13-5-7-19-40(36)45-42(34)38/h1-66H;1-27H. The maximum Gasteiger partial charge on any atom is 0.143 e. The molecular formula is C138H93N5O4. The van der Waals surface area contributed by atoms with Crippen LogP contribution in [0.25, 0.3) is 166 Å². The van der Waals surface area contributed by atoms with Gasteiger partial charge in [0, 0.05) is 151 Å². The molecule has 27 aromatic rings. The van der Waals surface area contributed by atoms with Gasteiger partial charge in [0.25, 0.3) is 0 Å². The van der Waals surface area contributed by atoms with Gasteiger partial charge in [0.1, 0.15) is 44.7 Å². The van der Waals surface area contributed by atoms with Gasteiger partial charge in [-0.3, -0.25) is 0 Å². The Morgan fingerprint density at radius 1 is 0.0952 bits per heavy atom. The number of para-hydroxylation sites is 13. The molecule has 0 aliphatic rings. The van der Waals surface area contributed by atoms with E-state index in [-0.39, 0.29) is 0 Å². The van der Waals surface area contributed by atoms with Gasteiger partial charge in [0.2, 0.25) is 0 Å². The van der Waals surface area contributed by atoms with Crippen LogP contribution in [-0.4, -0.2) is 0 Å². The summed E-state index contributed by atoms with van der Waals surface area (Å²) in [6.45, 7) is 0. The molecule has 0 aliphatic carbocycles. The van der Waals surface area contributed by atoms with Gasteiger partial charge in [-0.1, -0.05) is 358 Å². The van der Waals surface area contributed by atoms with Crippen molar-refractivity contribution in [2.45, 2.75) is 0 Å². The van der Waals surface area contributed by atoms with E-state index >= 15 is 0 Å². The largest absolute Gasteiger partial charge is 0.455 e. The van der Waals surface area contributed by atoms with Crippen LogP contribution >= 0.6 is 0 Å². The summed E-state index contributed by atoms with van der Waals surface area (Å²) in [6.07, 6.45) is 0. The number of hydrogen-bond donors (Lipinski definition) is 0. The van der Waals surface area contributed by atoms with Crippen molar-refractivity contribution in [3.05, 3.63) is 564 Å². The number of fused-ring (bicyclic) bond motifs is 12. The fourth-order valence-electron chi connectivity index (χ4n) is 21.0. The molecule has 0 bridgehead atoms. The minimum absolute atomic E-state index is 0.899. The molecule has 4 heterocycles. The molecule has 0 amide bonds. The van der Waals surface area contributed by atoms with Crippen LogP contribution in [0.4, 0.5) is 85.3 Å². The average molecular weight is 1890 g/mol. The Bertz CT molecular complexity index is 8860. The zero-order valence-corrected chi connectivity index (χ0v) is 80.1. The summed E-state index contributed by atoms with van der Waals surface area (Å²) in [7, 11) is 0. The summed E-state index contributed by atoms with van der Waals surface area (Å²) in [4.78, 5) is 11.6. The SMILES string of the molecule is c1ccc(N(c2ccc(-c3ccc(N(c4ccccc4)c4ccc(-c5ccc(N(c6ccccc6)c6ccc(-c7cccc8c7oc7ccccc78)cc6)cc5)cc4)cc3)cc2)c2ccc(-c3ccc(N(c4ccccc4)c4ccc(-c5cccc6c5oc5ccccc56)cc4)cc3)cc2)cc1.c1ccc(N(c2ccc(-c3cccc4c3oc3ccccc34)cc2)c2ccc(-c3cccc4c3oc3ccccc34)cc2)cc1. The van der Waals surface area contributed by atoms with Gasteiger partial charge in [-0.15, -0.1) is 0 Å². The lowest BCUT2D eigenvalue weighted by Crippen LogP contribution is -2.10. The summed E-state index contributed by atoms with van der Waals surface area (Å²) < 4.78 is 25.5. The second-order valence-corrected chi connectivity index (χ2v) is 36.9. The molecule has 23 aromatic carbocycles. The normalized spacial score (nSPS) is 11.4. The lowest BCUT2D eigenvalue weighted by atomic mass is 10.0. The number of hydrogen-bond acceptors (Lipinski definition) is 9. The molecule has 27 rings (SSSR count). The van der Waals surface area contributed by atoms with E-state index in [0.29, 0.717) is 0 Å². The quantitative estimate of drug-likeness (QED) is 0.0660. The van der Waals surface area contributed by atoms with Crippen LogP contribution in [0.3, 0.4) is 0 Å². The zero-order chi connectivity index (χ0) is 97.5. The highest BCUT2D eigenvalue weighted by Gasteiger charge is 2.25. The first-order valence-electron chi connectivity index (χ1n) is 49.8. The predicted molar refractivity (Wildman–Crippen MR) is 613 cm³/mol. The first kappa shape index (κ1) is 87.5. The van der Waals surface area contributed by atoms with Crippen molar-refractivity contribution >= 4 is 173 Å². The number of nitrogens with zero attached hydrogens (tertiary/aromatic N) is 5. The van der Waals surface area contributed by atoms with Gasteiger partial charge < -0.3 is 42.2 Å². The third-order valence-corrected chi connectivity index (χ3v) is 28.2. The molecule has 694 valence electrons. The minimum atomic E-state index is 0.899. The first-order valence-corrected chi connectivity index (χ1v) is 49.8. The second kappa shape index (κ2) is 38.4. The van der Waals surface area contributed by atoms with Crippen LogP contribution in [-0.2, 0) is 0 Å². The lowest BCUT2D eigenvalue weighted by molar-refractivity contribution is 0.669. The summed E-state index contributed by atoms with van der Waals surface area (Å²) >= 11 is 0. The van der Waals surface area contributed by atoms with Crippen molar-refractivity contribution in [3.8, 4) is 77.9 Å². The van der Waals surface area contributed by atoms with E-state index in [1.54, 1.807) is 0 Å². The average Bonchev–Trinajstić information content (AvgIpc) is 1.65. The highest BCUT2D eigenvalue weighted by molar-refractivity contribution is 6.14. The molecule has 9 nitrogen and oxygen atoms in total. The van der Waals surface area contributed by atoms with Crippen molar-refractivity contribution in [2.24, 2.45) is 0 Å². The Kier molecular flexibility index (Phi) is 22.8. The van der Waals surface area contributed by atoms with Crippen molar-refractivity contribution in [1.29, 1.82) is 0 Å². The molecule has 0 spiro atoms. The van der Waals surface area contributed by atoms with Crippen LogP contribution in [0.15, 0.2) is 582 Å². The molecule has 0 atom stereocenters. The monoisotopic (exact) mass is 1880 g/mol. The molecule has 0 N–H and O–H groups in total. The van der Waals surface area contributed by atoms with Crippen LogP contribution in [0.1, 0.15) is 0 Å². The van der Waals surface area contributed by atoms with E-state index in [0.717, 1.165) is 251 Å². The first-order chi connectivity index (χ1) is 72.9. The van der Waals surface area contributed by atoms with Gasteiger partial charge in [-0.25, -0.2) is 0 Å². The molecular weight excluding hydrogens is 1790 g/mol. The molecule has 9 heteroatoms. The van der Waals surface area contributed by atoms with Gasteiger partial charge in [-0.05, 0) is 262 Å². The highest BCUT2D eigenvalue weighted by atomic mass is 16.3. The second-order valence-electron chi connectivity index (χ2n) is 36.9. The van der Waals surface area contributed by atoms with E-state index in [1.165, 1.54) is 0 Å². The molecule has 0 aliphatic heterocycles. The van der Waals surface area contributed by atoms with Gasteiger partial charge in [-0.2, -0.15) is 0 Å². The van der Waals surface area contributed by atoms with Crippen molar-refractivity contribution in [3.63, 3.8) is 0 Å². The van der Waals surface area contributed by atoms with Crippen LogP contribution < -0.4 is 24.5 Å². The number of furan rings is 4. The van der Waals surface area contributed by atoms with E-state index < -0.39 is 0 Å². The number of rotatable bonds is 22. The van der Waals surface area contributed by atoms with E-state index in [1.807, 2.05) is 48.5 Å². The molecule has 0 unspecified atom stereocenters. The summed E-state index contributed by atoms with van der Waals surface area (Å²) in [5.74, 6) is 0. The van der Waals surface area contributed by atoms with Crippen LogP contribution in [0.2, 0.25) is 0 Å². The molecule has 4 aromatic heterocycles. The Morgan fingerprint density at radius 2 is 0.224 bits per heavy atom. The van der Waals surface area contributed by atoms with E-state index in [9.17, 15) is 0 Å². The predicted octanol–water partition coefficient (Wildman–Crippen LogP) is 40.0. The fourth-order valence-corrected chi connectivity index (χ4v) is 21.0. The lowest BCUT2D eigenvalue weighted by Gasteiger charge is -2.27. The Hall–Kier alpha value is -19.7. The van der Waals surface area contributed by atoms with Crippen molar-refractivity contribution < 1.29 is 17.7 Å². The number of anilines is 15.